The highest BCUT2D eigenvalue weighted by Crippen LogP contribution is 2.24. The highest BCUT2D eigenvalue weighted by Gasteiger charge is 2.26. The van der Waals surface area contributed by atoms with Crippen LogP contribution >= 0.6 is 0 Å². The Bertz CT molecular complexity index is 593. The number of morpholine rings is 1. The Kier molecular flexibility index (Phi) is 5.70. The molecule has 0 spiro atoms. The van der Waals surface area contributed by atoms with E-state index in [2.05, 4.69) is 20.5 Å². The minimum Gasteiger partial charge on any atom is -0.481 e. The number of nitrogens with one attached hydrogen (secondary N) is 2. The third kappa shape index (κ3) is 4.82. The number of rotatable bonds is 4. The summed E-state index contributed by atoms with van der Waals surface area (Å²) in [6.07, 6.45) is 4.33. The van der Waals surface area contributed by atoms with Crippen LogP contribution in [0.5, 0.6) is 0 Å². The summed E-state index contributed by atoms with van der Waals surface area (Å²) >= 11 is 0. The molecule has 136 valence electrons. The summed E-state index contributed by atoms with van der Waals surface area (Å²) in [4.78, 5) is 29.5. The molecule has 0 bridgehead atoms. The second kappa shape index (κ2) is 8.15. The molecule has 8 nitrogen and oxygen atoms in total. The number of pyridine rings is 1. The normalized spacial score (nSPS) is 23.8. The lowest BCUT2D eigenvalue weighted by molar-refractivity contribution is -0.142. The second-order valence-corrected chi connectivity index (χ2v) is 6.49. The summed E-state index contributed by atoms with van der Waals surface area (Å²) in [6, 6.07) is 3.44. The van der Waals surface area contributed by atoms with Crippen molar-refractivity contribution in [1.29, 1.82) is 0 Å². The fourth-order valence-corrected chi connectivity index (χ4v) is 3.29. The number of carboxylic acids is 1. The molecular weight excluding hydrogens is 324 g/mol. The lowest BCUT2D eigenvalue weighted by Gasteiger charge is -2.28. The zero-order chi connectivity index (χ0) is 17.6. The van der Waals surface area contributed by atoms with Gasteiger partial charge in [0.2, 0.25) is 0 Å². The zero-order valence-electron chi connectivity index (χ0n) is 14.1. The first-order valence-electron chi connectivity index (χ1n) is 8.71. The summed E-state index contributed by atoms with van der Waals surface area (Å²) in [6.45, 7) is 3.11. The van der Waals surface area contributed by atoms with Gasteiger partial charge in [-0.15, -0.1) is 0 Å². The number of nitrogens with zero attached hydrogens (tertiary/aromatic N) is 2. The molecule has 25 heavy (non-hydrogen) atoms. The number of carboxylic acid groups (broad SMARTS) is 1. The zero-order valence-corrected chi connectivity index (χ0v) is 14.1. The predicted molar refractivity (Wildman–Crippen MR) is 92.8 cm³/mol. The number of ether oxygens (including phenoxy) is 1. The number of hydrogen-bond acceptors (Lipinski definition) is 5. The summed E-state index contributed by atoms with van der Waals surface area (Å²) in [5.41, 5.74) is 1.02. The molecule has 1 saturated carbocycles. The Labute approximate surface area is 146 Å². The van der Waals surface area contributed by atoms with Gasteiger partial charge in [-0.25, -0.2) is 9.78 Å². The van der Waals surface area contributed by atoms with Gasteiger partial charge in [0.15, 0.2) is 0 Å². The van der Waals surface area contributed by atoms with Crippen LogP contribution in [0.25, 0.3) is 0 Å². The third-order valence-electron chi connectivity index (χ3n) is 4.78. The van der Waals surface area contributed by atoms with Crippen molar-refractivity contribution in [3.63, 3.8) is 0 Å². The third-order valence-corrected chi connectivity index (χ3v) is 4.78. The van der Waals surface area contributed by atoms with Crippen molar-refractivity contribution in [2.45, 2.75) is 31.7 Å². The first-order valence-corrected chi connectivity index (χ1v) is 8.71. The smallest absolute Gasteiger partial charge is 0.320 e. The highest BCUT2D eigenvalue weighted by molar-refractivity contribution is 5.88. The van der Waals surface area contributed by atoms with Gasteiger partial charge < -0.3 is 20.1 Å². The molecule has 2 heterocycles. The SMILES string of the molecule is O=C(Nc1ccc(N2CCOCC2)cn1)NC1CCC(C(=O)O)CC1. The van der Waals surface area contributed by atoms with Crippen LogP contribution in [-0.4, -0.2) is 54.4 Å². The number of carbonyl (C=O) groups is 2. The van der Waals surface area contributed by atoms with E-state index in [9.17, 15) is 9.59 Å². The average molecular weight is 348 g/mol. The molecule has 2 aliphatic rings. The van der Waals surface area contributed by atoms with Gasteiger partial charge in [-0.1, -0.05) is 0 Å². The van der Waals surface area contributed by atoms with Gasteiger partial charge in [0.25, 0.3) is 0 Å². The summed E-state index contributed by atoms with van der Waals surface area (Å²) < 4.78 is 5.33. The minimum atomic E-state index is -0.743. The molecule has 1 aromatic rings. The number of anilines is 2. The molecular formula is C17H24N4O4. The molecule has 1 aliphatic heterocycles. The van der Waals surface area contributed by atoms with Gasteiger partial charge in [-0.05, 0) is 37.8 Å². The molecule has 1 aliphatic carbocycles. The molecule has 1 aromatic heterocycles. The number of hydrogen-bond donors (Lipinski definition) is 3. The number of carbonyl (C=O) groups excluding carboxylic acids is 1. The van der Waals surface area contributed by atoms with Crippen molar-refractivity contribution in [2.75, 3.05) is 36.5 Å². The molecule has 3 rings (SSSR count). The first-order chi connectivity index (χ1) is 12.1. The minimum absolute atomic E-state index is 0.0169. The van der Waals surface area contributed by atoms with E-state index >= 15 is 0 Å². The largest absolute Gasteiger partial charge is 0.481 e. The van der Waals surface area contributed by atoms with E-state index in [-0.39, 0.29) is 18.0 Å². The van der Waals surface area contributed by atoms with Crippen LogP contribution in [-0.2, 0) is 9.53 Å². The molecule has 0 unspecified atom stereocenters. The van der Waals surface area contributed by atoms with E-state index in [1.165, 1.54) is 0 Å². The highest BCUT2D eigenvalue weighted by atomic mass is 16.5. The molecule has 0 radical (unpaired) electrons. The van der Waals surface area contributed by atoms with Crippen molar-refractivity contribution in [3.05, 3.63) is 18.3 Å². The fourth-order valence-electron chi connectivity index (χ4n) is 3.29. The van der Waals surface area contributed by atoms with Crippen molar-refractivity contribution >= 4 is 23.5 Å². The summed E-state index contributed by atoms with van der Waals surface area (Å²) in [7, 11) is 0. The van der Waals surface area contributed by atoms with Gasteiger partial charge >= 0.3 is 12.0 Å². The quantitative estimate of drug-likeness (QED) is 0.765. The number of aliphatic carboxylic acids is 1. The molecule has 2 amide bonds. The van der Waals surface area contributed by atoms with Crippen molar-refractivity contribution in [1.82, 2.24) is 10.3 Å². The lowest BCUT2D eigenvalue weighted by atomic mass is 9.86. The van der Waals surface area contributed by atoms with Gasteiger partial charge in [-0.2, -0.15) is 0 Å². The van der Waals surface area contributed by atoms with Crippen LogP contribution in [0.1, 0.15) is 25.7 Å². The molecule has 3 N–H and O–H groups in total. The molecule has 0 atom stereocenters. The number of aromatic nitrogens is 1. The van der Waals surface area contributed by atoms with Crippen molar-refractivity contribution in [3.8, 4) is 0 Å². The average Bonchev–Trinajstić information content (AvgIpc) is 2.63. The molecule has 8 heteroatoms. The van der Waals surface area contributed by atoms with Crippen LogP contribution in [0.15, 0.2) is 18.3 Å². The maximum absolute atomic E-state index is 12.1. The lowest BCUT2D eigenvalue weighted by Crippen LogP contribution is -2.41. The van der Waals surface area contributed by atoms with Crippen LogP contribution in [0.3, 0.4) is 0 Å². The van der Waals surface area contributed by atoms with E-state index in [1.807, 2.05) is 6.07 Å². The van der Waals surface area contributed by atoms with Crippen molar-refractivity contribution < 1.29 is 19.4 Å². The molecule has 0 aromatic carbocycles. The van der Waals surface area contributed by atoms with Crippen LogP contribution < -0.4 is 15.5 Å². The Morgan fingerprint density at radius 3 is 2.48 bits per heavy atom. The van der Waals surface area contributed by atoms with Crippen molar-refractivity contribution in [2.24, 2.45) is 5.92 Å². The molecule has 1 saturated heterocycles. The van der Waals surface area contributed by atoms with E-state index in [0.717, 1.165) is 18.8 Å². The maximum Gasteiger partial charge on any atom is 0.320 e. The Balaban J connectivity index is 1.45. The van der Waals surface area contributed by atoms with Gasteiger partial charge in [0, 0.05) is 19.1 Å². The van der Waals surface area contributed by atoms with E-state index in [1.54, 1.807) is 12.3 Å². The van der Waals surface area contributed by atoms with E-state index in [4.69, 9.17) is 9.84 Å². The Morgan fingerprint density at radius 2 is 1.88 bits per heavy atom. The maximum atomic E-state index is 12.1. The number of urea groups is 1. The van der Waals surface area contributed by atoms with Crippen LogP contribution in [0.4, 0.5) is 16.3 Å². The Hall–Kier alpha value is -2.35. The van der Waals surface area contributed by atoms with Crippen LogP contribution in [0, 0.1) is 5.92 Å². The summed E-state index contributed by atoms with van der Waals surface area (Å²) in [5, 5.41) is 14.6. The first kappa shape index (κ1) is 17.5. The van der Waals surface area contributed by atoms with Gasteiger partial charge in [0.1, 0.15) is 5.82 Å². The Morgan fingerprint density at radius 1 is 1.16 bits per heavy atom. The van der Waals surface area contributed by atoms with Gasteiger partial charge in [0.05, 0.1) is 31.0 Å². The standard InChI is InChI=1S/C17H24N4O4/c22-16(23)12-1-3-13(4-2-12)19-17(24)20-15-6-5-14(11-18-15)21-7-9-25-10-8-21/h5-6,11-13H,1-4,7-10H2,(H,22,23)(H2,18,19,20,24). The van der Waals surface area contributed by atoms with E-state index in [0.29, 0.717) is 44.7 Å². The van der Waals surface area contributed by atoms with E-state index < -0.39 is 5.97 Å². The fraction of sp³-hybridized carbons (Fsp3) is 0.588. The number of amides is 2. The van der Waals surface area contributed by atoms with Crippen LogP contribution in [0.2, 0.25) is 0 Å². The topological polar surface area (TPSA) is 104 Å². The molecule has 2 fully saturated rings. The van der Waals surface area contributed by atoms with Gasteiger partial charge in [-0.3, -0.25) is 10.1 Å². The monoisotopic (exact) mass is 348 g/mol. The second-order valence-electron chi connectivity index (χ2n) is 6.49. The summed E-state index contributed by atoms with van der Waals surface area (Å²) in [5.74, 6) is -0.531. The predicted octanol–water partition coefficient (Wildman–Crippen LogP) is 1.68.